The number of rotatable bonds is 5. The molecule has 0 aliphatic carbocycles. The van der Waals surface area contributed by atoms with Gasteiger partial charge in [0.2, 0.25) is 0 Å². The molecule has 0 saturated heterocycles. The van der Waals surface area contributed by atoms with E-state index in [1.807, 2.05) is 11.5 Å². The number of carboxylic acid groups (broad SMARTS) is 1. The van der Waals surface area contributed by atoms with Crippen molar-refractivity contribution in [3.05, 3.63) is 46.5 Å². The zero-order valence-electron chi connectivity index (χ0n) is 10.3. The fourth-order valence-electron chi connectivity index (χ4n) is 1.72. The number of benzene rings is 1. The van der Waals surface area contributed by atoms with Gasteiger partial charge in [0.25, 0.3) is 0 Å². The maximum absolute atomic E-state index is 11.1. The molecule has 0 spiro atoms. The van der Waals surface area contributed by atoms with Crippen molar-refractivity contribution < 1.29 is 14.6 Å². The molecule has 0 aliphatic rings. The zero-order valence-corrected chi connectivity index (χ0v) is 11.9. The monoisotopic (exact) mass is 324 g/mol. The maximum atomic E-state index is 11.1. The lowest BCUT2D eigenvalue weighted by molar-refractivity contribution is 0.0691. The number of carboxylic acids is 1. The second-order valence-corrected chi connectivity index (χ2v) is 4.74. The molecule has 1 N–H and O–H groups in total. The van der Waals surface area contributed by atoms with Gasteiger partial charge in [-0.3, -0.25) is 0 Å². The quantitative estimate of drug-likeness (QED) is 0.918. The largest absolute Gasteiger partial charge is 0.485 e. The van der Waals surface area contributed by atoms with Gasteiger partial charge in [-0.25, -0.2) is 9.78 Å². The normalized spacial score (nSPS) is 10.4. The summed E-state index contributed by atoms with van der Waals surface area (Å²) in [5, 5.41) is 9.13. The van der Waals surface area contributed by atoms with E-state index in [-0.39, 0.29) is 12.2 Å². The number of carbonyl (C=O) groups is 1. The fraction of sp³-hybridized carbons (Fsp3) is 0.231. The molecule has 1 aromatic heterocycles. The van der Waals surface area contributed by atoms with Crippen LogP contribution in [0, 0.1) is 0 Å². The van der Waals surface area contributed by atoms with E-state index in [9.17, 15) is 4.79 Å². The molecule has 0 aliphatic heterocycles. The molecule has 2 rings (SSSR count). The molecule has 0 amide bonds. The summed E-state index contributed by atoms with van der Waals surface area (Å²) in [7, 11) is 0. The van der Waals surface area contributed by atoms with Crippen molar-refractivity contribution >= 4 is 21.9 Å². The third-order valence-electron chi connectivity index (χ3n) is 2.70. The molecule has 2 aromatic rings. The fourth-order valence-corrected chi connectivity index (χ4v) is 2.20. The summed E-state index contributed by atoms with van der Waals surface area (Å²) < 4.78 is 8.19. The van der Waals surface area contributed by atoms with Crippen molar-refractivity contribution in [1.82, 2.24) is 9.55 Å². The lowest BCUT2D eigenvalue weighted by Gasteiger charge is -2.11. The highest BCUT2D eigenvalue weighted by atomic mass is 79.9. The average molecular weight is 325 g/mol. The van der Waals surface area contributed by atoms with Gasteiger partial charge in [0.1, 0.15) is 17.9 Å². The van der Waals surface area contributed by atoms with Gasteiger partial charge in [0.05, 0.1) is 22.7 Å². The van der Waals surface area contributed by atoms with Crippen LogP contribution in [0.25, 0.3) is 0 Å². The van der Waals surface area contributed by atoms with Gasteiger partial charge in [-0.2, -0.15) is 0 Å². The van der Waals surface area contributed by atoms with E-state index in [1.54, 1.807) is 24.7 Å². The first-order valence-electron chi connectivity index (χ1n) is 5.77. The smallest absolute Gasteiger partial charge is 0.339 e. The number of hydrogen-bond acceptors (Lipinski definition) is 3. The Balaban J connectivity index is 2.22. The van der Waals surface area contributed by atoms with Gasteiger partial charge in [-0.1, -0.05) is 6.07 Å². The van der Waals surface area contributed by atoms with Crippen molar-refractivity contribution in [2.45, 2.75) is 20.1 Å². The summed E-state index contributed by atoms with van der Waals surface area (Å²) in [6.45, 7) is 3.07. The molecular weight excluding hydrogens is 312 g/mol. The number of ether oxygens (including phenoxy) is 1. The highest BCUT2D eigenvalue weighted by Gasteiger charge is 2.14. The number of aromatic carboxylic acids is 1. The van der Waals surface area contributed by atoms with Crippen LogP contribution in [0.1, 0.15) is 23.0 Å². The third kappa shape index (κ3) is 2.96. The van der Waals surface area contributed by atoms with Gasteiger partial charge >= 0.3 is 5.97 Å². The van der Waals surface area contributed by atoms with E-state index < -0.39 is 5.97 Å². The lowest BCUT2D eigenvalue weighted by atomic mass is 10.2. The van der Waals surface area contributed by atoms with Crippen molar-refractivity contribution in [2.24, 2.45) is 0 Å². The Hall–Kier alpha value is -1.82. The van der Waals surface area contributed by atoms with E-state index >= 15 is 0 Å². The zero-order chi connectivity index (χ0) is 13.8. The highest BCUT2D eigenvalue weighted by molar-refractivity contribution is 9.10. The molecule has 0 fully saturated rings. The van der Waals surface area contributed by atoms with Crippen LogP contribution in [0.15, 0.2) is 35.2 Å². The molecule has 100 valence electrons. The highest BCUT2D eigenvalue weighted by Crippen LogP contribution is 2.29. The number of nitrogens with zero attached hydrogens (tertiary/aromatic N) is 2. The molecule has 19 heavy (non-hydrogen) atoms. The summed E-state index contributed by atoms with van der Waals surface area (Å²) in [6, 6.07) is 4.93. The molecule has 0 bridgehead atoms. The number of para-hydroxylation sites is 1. The van der Waals surface area contributed by atoms with E-state index in [0.717, 1.165) is 12.2 Å². The summed E-state index contributed by atoms with van der Waals surface area (Å²) >= 11 is 3.30. The van der Waals surface area contributed by atoms with Crippen molar-refractivity contribution in [3.63, 3.8) is 0 Å². The van der Waals surface area contributed by atoms with E-state index in [2.05, 4.69) is 20.9 Å². The van der Waals surface area contributed by atoms with E-state index in [0.29, 0.717) is 10.2 Å². The van der Waals surface area contributed by atoms with Crippen LogP contribution in [-0.4, -0.2) is 20.6 Å². The molecule has 0 radical (unpaired) electrons. The molecule has 1 aromatic carbocycles. The summed E-state index contributed by atoms with van der Waals surface area (Å²) in [5.74, 6) is -0.681. The summed E-state index contributed by atoms with van der Waals surface area (Å²) in [4.78, 5) is 15.2. The minimum Gasteiger partial charge on any atom is -0.485 e. The first-order chi connectivity index (χ1) is 9.13. The van der Waals surface area contributed by atoms with Crippen molar-refractivity contribution in [3.8, 4) is 5.75 Å². The van der Waals surface area contributed by atoms with Crippen LogP contribution in [0.3, 0.4) is 0 Å². The Morgan fingerprint density at radius 1 is 1.53 bits per heavy atom. The van der Waals surface area contributed by atoms with E-state index in [4.69, 9.17) is 9.84 Å². The van der Waals surface area contributed by atoms with Gasteiger partial charge in [-0.15, -0.1) is 0 Å². The molecule has 5 nitrogen and oxygen atoms in total. The number of halogens is 1. The van der Waals surface area contributed by atoms with Crippen molar-refractivity contribution in [1.29, 1.82) is 0 Å². The number of aryl methyl sites for hydroxylation is 1. The van der Waals surface area contributed by atoms with Gasteiger partial charge in [0, 0.05) is 6.54 Å². The molecule has 0 saturated carbocycles. The topological polar surface area (TPSA) is 64.4 Å². The van der Waals surface area contributed by atoms with Crippen LogP contribution in [0.4, 0.5) is 0 Å². The van der Waals surface area contributed by atoms with Crippen LogP contribution in [-0.2, 0) is 13.2 Å². The molecule has 6 heteroatoms. The molecule has 0 atom stereocenters. The van der Waals surface area contributed by atoms with Crippen LogP contribution in [0.2, 0.25) is 0 Å². The summed E-state index contributed by atoms with van der Waals surface area (Å²) in [6.07, 6.45) is 3.43. The SMILES string of the molecule is CCn1cncc1COc1c(Br)cccc1C(=O)O. The van der Waals surface area contributed by atoms with Gasteiger partial charge in [-0.05, 0) is 35.0 Å². The standard InChI is InChI=1S/C13H13BrN2O3/c1-2-16-8-15-6-9(16)7-19-12-10(13(17)18)4-3-5-11(12)14/h3-6,8H,2,7H2,1H3,(H,17,18). The molecule has 1 heterocycles. The first kappa shape index (κ1) is 13.6. The van der Waals surface area contributed by atoms with Crippen LogP contribution >= 0.6 is 15.9 Å². The minimum atomic E-state index is -1.01. The first-order valence-corrected chi connectivity index (χ1v) is 6.56. The summed E-state index contributed by atoms with van der Waals surface area (Å²) in [5.41, 5.74) is 1.03. The Bertz CT molecular complexity index is 595. The lowest BCUT2D eigenvalue weighted by Crippen LogP contribution is -2.07. The third-order valence-corrected chi connectivity index (χ3v) is 3.33. The average Bonchev–Trinajstić information content (AvgIpc) is 2.84. The van der Waals surface area contributed by atoms with Gasteiger partial charge < -0.3 is 14.4 Å². The van der Waals surface area contributed by atoms with Crippen LogP contribution < -0.4 is 4.74 Å². The Morgan fingerprint density at radius 3 is 3.00 bits per heavy atom. The second-order valence-electron chi connectivity index (χ2n) is 3.88. The number of aromatic nitrogens is 2. The molecule has 0 unspecified atom stereocenters. The molecular formula is C13H13BrN2O3. The van der Waals surface area contributed by atoms with E-state index in [1.165, 1.54) is 6.07 Å². The van der Waals surface area contributed by atoms with Crippen molar-refractivity contribution in [2.75, 3.05) is 0 Å². The Labute approximate surface area is 119 Å². The number of hydrogen-bond donors (Lipinski definition) is 1. The second kappa shape index (κ2) is 5.88. The maximum Gasteiger partial charge on any atom is 0.339 e. The Morgan fingerprint density at radius 2 is 2.32 bits per heavy atom. The predicted octanol–water partition coefficient (Wildman–Crippen LogP) is 2.94. The minimum absolute atomic E-state index is 0.136. The predicted molar refractivity (Wildman–Crippen MR) is 73.3 cm³/mol. The van der Waals surface area contributed by atoms with Gasteiger partial charge in [0.15, 0.2) is 0 Å². The van der Waals surface area contributed by atoms with Crippen LogP contribution in [0.5, 0.6) is 5.75 Å². The number of imidazole rings is 1. The Kier molecular flexibility index (Phi) is 4.21.